The highest BCUT2D eigenvalue weighted by atomic mass is 32.1. The van der Waals surface area contributed by atoms with Crippen molar-refractivity contribution in [1.82, 2.24) is 14.9 Å². The first kappa shape index (κ1) is 11.4. The molecule has 0 spiro atoms. The maximum atomic E-state index is 11.9. The van der Waals surface area contributed by atoms with Crippen molar-refractivity contribution in [3.05, 3.63) is 15.6 Å². The molecule has 2 aliphatic heterocycles. The second-order valence-corrected chi connectivity index (χ2v) is 5.04. The van der Waals surface area contributed by atoms with Crippen LogP contribution in [0.15, 0.2) is 0 Å². The second kappa shape index (κ2) is 3.92. The summed E-state index contributed by atoms with van der Waals surface area (Å²) in [5.74, 6) is -0.449. The lowest BCUT2D eigenvalue weighted by Crippen LogP contribution is -2.29. The maximum absolute atomic E-state index is 11.9. The predicted molar refractivity (Wildman–Crippen MR) is 60.8 cm³/mol. The number of aromatic nitrogens is 1. The van der Waals surface area contributed by atoms with E-state index in [0.29, 0.717) is 18.1 Å². The summed E-state index contributed by atoms with van der Waals surface area (Å²) in [7, 11) is 2.78. The quantitative estimate of drug-likeness (QED) is 0.742. The van der Waals surface area contributed by atoms with Gasteiger partial charge >= 0.3 is 12.0 Å². The number of ether oxygens (including phenoxy) is 1. The lowest BCUT2D eigenvalue weighted by Gasteiger charge is -2.20. The van der Waals surface area contributed by atoms with Gasteiger partial charge < -0.3 is 9.64 Å². The molecule has 18 heavy (non-hydrogen) atoms. The maximum Gasteiger partial charge on any atom is 0.367 e. The van der Waals surface area contributed by atoms with Crippen LogP contribution in [0.5, 0.6) is 0 Å². The number of thiazole rings is 1. The van der Waals surface area contributed by atoms with Crippen LogP contribution in [0, 0.1) is 0 Å². The summed E-state index contributed by atoms with van der Waals surface area (Å²) in [6.45, 7) is 0.987. The number of hydrogen-bond donors (Lipinski definition) is 0. The summed E-state index contributed by atoms with van der Waals surface area (Å²) >= 11 is 1.26. The van der Waals surface area contributed by atoms with Crippen molar-refractivity contribution in [1.29, 1.82) is 0 Å². The smallest absolute Gasteiger partial charge is 0.367 e. The number of esters is 1. The van der Waals surface area contributed by atoms with Gasteiger partial charge in [-0.1, -0.05) is 0 Å². The average molecular weight is 269 g/mol. The molecule has 7 nitrogen and oxygen atoms in total. The molecule has 0 N–H and O–H groups in total. The van der Waals surface area contributed by atoms with Gasteiger partial charge in [0.05, 0.1) is 37.9 Å². The number of methoxy groups -OCH3 is 1. The largest absolute Gasteiger partial charge is 0.464 e. The number of carbonyl (C=O) groups excluding carboxylic acids is 2. The number of nitrogens with zero attached hydrogens (tertiary/aromatic N) is 3. The zero-order valence-corrected chi connectivity index (χ0v) is 10.7. The van der Waals surface area contributed by atoms with Gasteiger partial charge in [0.2, 0.25) is 5.01 Å². The standard InChI is InChI=1S/C10H11N3O4S/c1-16-9(14)8-11-5-3-12-4-6(7(5)18-8)13(17-2)10(12)15/h6H,3-4H2,1-2H3. The number of hydrogen-bond acceptors (Lipinski definition) is 6. The Morgan fingerprint density at radius 1 is 1.50 bits per heavy atom. The number of hydroxylamine groups is 2. The molecule has 0 saturated carbocycles. The Kier molecular flexibility index (Phi) is 2.49. The van der Waals surface area contributed by atoms with Crippen molar-refractivity contribution in [2.45, 2.75) is 12.6 Å². The van der Waals surface area contributed by atoms with E-state index < -0.39 is 5.97 Å². The van der Waals surface area contributed by atoms with Gasteiger partial charge in [0.25, 0.3) is 0 Å². The van der Waals surface area contributed by atoms with Crippen molar-refractivity contribution in [3.63, 3.8) is 0 Å². The lowest BCUT2D eigenvalue weighted by molar-refractivity contribution is -0.0997. The van der Waals surface area contributed by atoms with Crippen molar-refractivity contribution in [2.24, 2.45) is 0 Å². The molecule has 1 unspecified atom stereocenters. The third-order valence-corrected chi connectivity index (χ3v) is 4.24. The normalized spacial score (nSPS) is 21.2. The molecule has 0 radical (unpaired) electrons. The fourth-order valence-corrected chi connectivity index (χ4v) is 3.32. The molecule has 1 aromatic heterocycles. The molecule has 0 aromatic carbocycles. The van der Waals surface area contributed by atoms with Gasteiger partial charge in [-0.05, 0) is 0 Å². The minimum absolute atomic E-state index is 0.160. The fourth-order valence-electron chi connectivity index (χ4n) is 2.25. The zero-order chi connectivity index (χ0) is 12.9. The molecule has 2 aliphatic rings. The summed E-state index contributed by atoms with van der Waals surface area (Å²) in [5.41, 5.74) is 0.754. The first-order valence-electron chi connectivity index (χ1n) is 5.36. The molecule has 3 heterocycles. The van der Waals surface area contributed by atoms with E-state index in [1.165, 1.54) is 30.6 Å². The van der Waals surface area contributed by atoms with Crippen LogP contribution in [-0.4, -0.2) is 47.7 Å². The van der Waals surface area contributed by atoms with Gasteiger partial charge in [-0.15, -0.1) is 11.3 Å². The van der Waals surface area contributed by atoms with E-state index in [4.69, 9.17) is 4.84 Å². The highest BCUT2D eigenvalue weighted by Gasteiger charge is 2.45. The molecule has 2 amide bonds. The molecule has 3 rings (SSSR count). The Hall–Kier alpha value is -1.67. The van der Waals surface area contributed by atoms with E-state index in [2.05, 4.69) is 9.72 Å². The minimum atomic E-state index is -0.449. The summed E-state index contributed by atoms with van der Waals surface area (Å²) in [5, 5.41) is 1.64. The van der Waals surface area contributed by atoms with E-state index in [9.17, 15) is 9.59 Å². The Bertz CT molecular complexity index is 529. The van der Waals surface area contributed by atoms with E-state index in [1.807, 2.05) is 0 Å². The highest BCUT2D eigenvalue weighted by molar-refractivity contribution is 7.13. The molecule has 1 fully saturated rings. The van der Waals surface area contributed by atoms with Crippen LogP contribution in [0.2, 0.25) is 0 Å². The van der Waals surface area contributed by atoms with E-state index in [1.54, 1.807) is 4.90 Å². The number of carbonyl (C=O) groups is 2. The van der Waals surface area contributed by atoms with Crippen molar-refractivity contribution >= 4 is 23.3 Å². The number of rotatable bonds is 2. The molecule has 96 valence electrons. The third-order valence-electron chi connectivity index (χ3n) is 3.06. The Morgan fingerprint density at radius 2 is 2.28 bits per heavy atom. The van der Waals surface area contributed by atoms with E-state index in [-0.39, 0.29) is 12.1 Å². The number of fused-ring (bicyclic) bond motifs is 4. The van der Waals surface area contributed by atoms with Crippen molar-refractivity contribution in [2.75, 3.05) is 20.8 Å². The minimum Gasteiger partial charge on any atom is -0.464 e. The molecule has 2 bridgehead atoms. The summed E-state index contributed by atoms with van der Waals surface area (Å²) in [4.78, 5) is 35.2. The van der Waals surface area contributed by atoms with Gasteiger partial charge in [0.15, 0.2) is 0 Å². The lowest BCUT2D eigenvalue weighted by atomic mass is 10.1. The summed E-state index contributed by atoms with van der Waals surface area (Å²) in [6.07, 6.45) is 0. The Labute approximate surface area is 107 Å². The van der Waals surface area contributed by atoms with Gasteiger partial charge in [-0.25, -0.2) is 14.6 Å². The molecule has 1 atom stereocenters. The molecule has 8 heteroatoms. The van der Waals surface area contributed by atoms with Crippen LogP contribution in [0.3, 0.4) is 0 Å². The van der Waals surface area contributed by atoms with Crippen molar-refractivity contribution < 1.29 is 19.2 Å². The number of urea groups is 1. The first-order valence-corrected chi connectivity index (χ1v) is 6.17. The predicted octanol–water partition coefficient (Wildman–Crippen LogP) is 0.783. The van der Waals surface area contributed by atoms with Gasteiger partial charge in [-0.3, -0.25) is 4.84 Å². The topological polar surface area (TPSA) is 72.0 Å². The van der Waals surface area contributed by atoms with Crippen molar-refractivity contribution in [3.8, 4) is 0 Å². The molecule has 1 saturated heterocycles. The summed E-state index contributed by atoms with van der Waals surface area (Å²) in [6, 6.07) is -0.338. The van der Waals surface area contributed by atoms with Crippen LogP contribution >= 0.6 is 11.3 Å². The highest BCUT2D eigenvalue weighted by Crippen LogP contribution is 2.40. The Balaban J connectivity index is 2.00. The van der Waals surface area contributed by atoms with Crippen LogP contribution in [-0.2, 0) is 16.1 Å². The molecular weight excluding hydrogens is 258 g/mol. The van der Waals surface area contributed by atoms with Gasteiger partial charge in [0.1, 0.15) is 6.04 Å². The second-order valence-electron chi connectivity index (χ2n) is 4.01. The fraction of sp³-hybridized carbons (Fsp3) is 0.500. The van der Waals surface area contributed by atoms with E-state index >= 15 is 0 Å². The Morgan fingerprint density at radius 3 is 2.94 bits per heavy atom. The molecular formula is C10H11N3O4S. The van der Waals surface area contributed by atoms with Crippen LogP contribution in [0.1, 0.15) is 26.4 Å². The third kappa shape index (κ3) is 1.42. The van der Waals surface area contributed by atoms with Crippen LogP contribution in [0.4, 0.5) is 4.79 Å². The summed E-state index contributed by atoms with van der Waals surface area (Å²) < 4.78 is 4.65. The van der Waals surface area contributed by atoms with Crippen LogP contribution in [0.25, 0.3) is 0 Å². The number of amides is 2. The average Bonchev–Trinajstić information content (AvgIpc) is 2.91. The monoisotopic (exact) mass is 269 g/mol. The van der Waals surface area contributed by atoms with Gasteiger partial charge in [0, 0.05) is 0 Å². The van der Waals surface area contributed by atoms with Gasteiger partial charge in [-0.2, -0.15) is 5.06 Å². The van der Waals surface area contributed by atoms with Crippen LogP contribution < -0.4 is 0 Å². The first-order chi connectivity index (χ1) is 8.65. The van der Waals surface area contributed by atoms with E-state index in [0.717, 1.165) is 10.6 Å². The SMILES string of the molecule is COC(=O)c1nc2c(s1)C1CN(C2)C(=O)N1OC. The molecule has 0 aliphatic carbocycles. The molecule has 1 aromatic rings. The zero-order valence-electron chi connectivity index (χ0n) is 9.87.